The fourth-order valence-electron chi connectivity index (χ4n) is 3.32. The summed E-state index contributed by atoms with van der Waals surface area (Å²) in [6, 6.07) is 5.57. The number of hydrogen-bond acceptors (Lipinski definition) is 5. The summed E-state index contributed by atoms with van der Waals surface area (Å²) in [4.78, 5) is 7.34. The van der Waals surface area contributed by atoms with Crippen LogP contribution in [0.2, 0.25) is 10.0 Å². The normalized spacial score (nSPS) is 17.0. The van der Waals surface area contributed by atoms with Crippen molar-refractivity contribution in [2.75, 3.05) is 26.3 Å². The van der Waals surface area contributed by atoms with Crippen molar-refractivity contribution in [2.45, 2.75) is 19.4 Å². The molecule has 1 saturated heterocycles. The number of rotatable bonds is 4. The van der Waals surface area contributed by atoms with Gasteiger partial charge < -0.3 is 14.7 Å². The molecule has 0 radical (unpaired) electrons. The maximum absolute atomic E-state index is 10.9. The van der Waals surface area contributed by atoms with Crippen molar-refractivity contribution in [1.29, 1.82) is 0 Å². The van der Waals surface area contributed by atoms with E-state index in [0.29, 0.717) is 28.2 Å². The number of aryl methyl sites for hydroxylation is 1. The lowest BCUT2D eigenvalue weighted by atomic mass is 10.0. The average molecular weight is 414 g/mol. The number of hydrogen-bond donors (Lipinski definition) is 2. The quantitative estimate of drug-likeness (QED) is 0.688. The van der Waals surface area contributed by atoms with E-state index in [-0.39, 0.29) is 11.9 Å². The van der Waals surface area contributed by atoms with Gasteiger partial charge in [0.25, 0.3) is 0 Å². The summed E-state index contributed by atoms with van der Waals surface area (Å²) < 4.78 is 7.04. The smallest absolute Gasteiger partial charge is 0.235 e. The standard InChI is InChI=1S/C17H18Cl2N4O2S/c1-2-13-20-17-23(21-13)16(24)15(26-17)14(22-5-7-25-8-6-22)10-3-4-11(18)12(19)9-10/h3-4,9,14,24H,2,5-8H2,1H3/p+1/t14-/m0/s1. The Kier molecular flexibility index (Phi) is 5.07. The number of morpholine rings is 1. The summed E-state index contributed by atoms with van der Waals surface area (Å²) in [5, 5.41) is 16.3. The maximum Gasteiger partial charge on any atom is 0.235 e. The van der Waals surface area contributed by atoms with Crippen LogP contribution >= 0.6 is 34.5 Å². The number of fused-ring (bicyclic) bond motifs is 1. The Bertz CT molecular complexity index is 936. The number of halogens is 2. The van der Waals surface area contributed by atoms with Crippen molar-refractivity contribution in [3.63, 3.8) is 0 Å². The first-order chi connectivity index (χ1) is 12.6. The second-order valence-electron chi connectivity index (χ2n) is 6.24. The minimum Gasteiger partial charge on any atom is -0.492 e. The van der Waals surface area contributed by atoms with Crippen LogP contribution in [0, 0.1) is 0 Å². The van der Waals surface area contributed by atoms with Gasteiger partial charge in [0.2, 0.25) is 10.8 Å². The molecule has 26 heavy (non-hydrogen) atoms. The van der Waals surface area contributed by atoms with E-state index in [2.05, 4.69) is 10.1 Å². The van der Waals surface area contributed by atoms with Gasteiger partial charge in [0.1, 0.15) is 18.0 Å². The first-order valence-corrected chi connectivity index (χ1v) is 10.1. The summed E-state index contributed by atoms with van der Waals surface area (Å²) in [5.41, 5.74) is 1.01. The zero-order valence-electron chi connectivity index (χ0n) is 14.2. The Morgan fingerprint density at radius 3 is 2.73 bits per heavy atom. The van der Waals surface area contributed by atoms with Gasteiger partial charge >= 0.3 is 0 Å². The molecule has 0 unspecified atom stereocenters. The minimum absolute atomic E-state index is 0.0766. The molecule has 0 saturated carbocycles. The van der Waals surface area contributed by atoms with E-state index in [1.54, 1.807) is 6.07 Å². The molecular weight excluding hydrogens is 395 g/mol. The number of aromatic hydroxyl groups is 1. The molecule has 0 spiro atoms. The highest BCUT2D eigenvalue weighted by molar-refractivity contribution is 7.17. The third-order valence-electron chi connectivity index (χ3n) is 4.64. The summed E-state index contributed by atoms with van der Waals surface area (Å²) in [6.45, 7) is 5.06. The zero-order valence-corrected chi connectivity index (χ0v) is 16.5. The van der Waals surface area contributed by atoms with E-state index in [4.69, 9.17) is 27.9 Å². The highest BCUT2D eigenvalue weighted by Gasteiger charge is 2.34. The lowest BCUT2D eigenvalue weighted by Gasteiger charge is -2.31. The highest BCUT2D eigenvalue weighted by atomic mass is 35.5. The Hall–Kier alpha value is -1.38. The van der Waals surface area contributed by atoms with Gasteiger partial charge in [0, 0.05) is 12.0 Å². The van der Waals surface area contributed by atoms with Crippen molar-refractivity contribution in [3.05, 3.63) is 44.5 Å². The van der Waals surface area contributed by atoms with E-state index >= 15 is 0 Å². The number of nitrogens with zero attached hydrogens (tertiary/aromatic N) is 3. The van der Waals surface area contributed by atoms with Crippen LogP contribution in [-0.2, 0) is 11.2 Å². The van der Waals surface area contributed by atoms with Crippen LogP contribution in [0.15, 0.2) is 18.2 Å². The molecule has 2 N–H and O–H groups in total. The third-order valence-corrected chi connectivity index (χ3v) is 6.47. The Balaban J connectivity index is 1.83. The Morgan fingerprint density at radius 1 is 1.31 bits per heavy atom. The Labute approximate surface area is 164 Å². The molecule has 0 aliphatic carbocycles. The van der Waals surface area contributed by atoms with E-state index in [9.17, 15) is 5.11 Å². The number of ether oxygens (including phenoxy) is 1. The molecule has 0 amide bonds. The van der Waals surface area contributed by atoms with Crippen molar-refractivity contribution < 1.29 is 14.7 Å². The molecule has 1 aromatic carbocycles. The van der Waals surface area contributed by atoms with Gasteiger partial charge in [-0.3, -0.25) is 0 Å². The van der Waals surface area contributed by atoms with E-state index in [1.807, 2.05) is 19.1 Å². The molecule has 1 atom stereocenters. The first kappa shape index (κ1) is 18.0. The second kappa shape index (κ2) is 7.32. The number of nitrogens with one attached hydrogen (secondary N) is 1. The Morgan fingerprint density at radius 2 is 2.08 bits per heavy atom. The van der Waals surface area contributed by atoms with Gasteiger partial charge in [0.15, 0.2) is 11.9 Å². The predicted octanol–water partition coefficient (Wildman–Crippen LogP) is 2.37. The van der Waals surface area contributed by atoms with Crippen LogP contribution in [0.4, 0.5) is 0 Å². The molecule has 138 valence electrons. The molecule has 0 bridgehead atoms. The number of aromatic nitrogens is 3. The third kappa shape index (κ3) is 3.18. The molecule has 4 rings (SSSR count). The fourth-order valence-corrected chi connectivity index (χ4v) is 4.78. The fraction of sp³-hybridized carbons (Fsp3) is 0.412. The van der Waals surface area contributed by atoms with Crippen molar-refractivity contribution >= 4 is 39.5 Å². The van der Waals surface area contributed by atoms with Crippen LogP contribution in [0.3, 0.4) is 0 Å². The lowest BCUT2D eigenvalue weighted by Crippen LogP contribution is -3.14. The highest BCUT2D eigenvalue weighted by Crippen LogP contribution is 2.36. The van der Waals surface area contributed by atoms with E-state index in [1.165, 1.54) is 20.8 Å². The summed E-state index contributed by atoms with van der Waals surface area (Å²) in [7, 11) is 0. The molecule has 2 aromatic heterocycles. The van der Waals surface area contributed by atoms with Gasteiger partial charge in [0.05, 0.1) is 23.3 Å². The SMILES string of the molecule is CCc1nc2sc([C@H](c3ccc(Cl)c(Cl)c3)[NH+]3CCOCC3)c(O)n2n1. The maximum atomic E-state index is 10.9. The lowest BCUT2D eigenvalue weighted by molar-refractivity contribution is -0.932. The van der Waals surface area contributed by atoms with Crippen molar-refractivity contribution in [3.8, 4) is 5.88 Å². The molecular formula is C17H19Cl2N4O2S+. The summed E-state index contributed by atoms with van der Waals surface area (Å²) in [6.07, 6.45) is 0.730. The number of quaternary nitrogens is 1. The average Bonchev–Trinajstić information content (AvgIpc) is 3.19. The predicted molar refractivity (Wildman–Crippen MR) is 102 cm³/mol. The molecule has 3 heterocycles. The van der Waals surface area contributed by atoms with Gasteiger partial charge in [-0.2, -0.15) is 4.52 Å². The van der Waals surface area contributed by atoms with E-state index < -0.39 is 0 Å². The van der Waals surface area contributed by atoms with Crippen molar-refractivity contribution in [2.24, 2.45) is 0 Å². The van der Waals surface area contributed by atoms with Crippen LogP contribution in [0.1, 0.15) is 29.2 Å². The largest absolute Gasteiger partial charge is 0.492 e. The summed E-state index contributed by atoms with van der Waals surface area (Å²) >= 11 is 13.8. The van der Waals surface area contributed by atoms with Crippen LogP contribution in [0.25, 0.3) is 4.96 Å². The second-order valence-corrected chi connectivity index (χ2v) is 8.07. The molecule has 1 aliphatic rings. The molecule has 9 heteroatoms. The topological polar surface area (TPSA) is 64.1 Å². The first-order valence-electron chi connectivity index (χ1n) is 8.53. The number of thiazole rings is 1. The molecule has 1 aliphatic heterocycles. The molecule has 1 fully saturated rings. The monoisotopic (exact) mass is 413 g/mol. The minimum atomic E-state index is -0.0766. The van der Waals surface area contributed by atoms with Gasteiger partial charge in [-0.05, 0) is 12.1 Å². The van der Waals surface area contributed by atoms with Gasteiger partial charge in [-0.15, -0.1) is 5.10 Å². The zero-order chi connectivity index (χ0) is 18.3. The van der Waals surface area contributed by atoms with Crippen LogP contribution < -0.4 is 4.90 Å². The van der Waals surface area contributed by atoms with Crippen molar-refractivity contribution in [1.82, 2.24) is 14.6 Å². The van der Waals surface area contributed by atoms with Gasteiger partial charge in [-0.25, -0.2) is 4.98 Å². The summed E-state index contributed by atoms with van der Waals surface area (Å²) in [5.74, 6) is 0.871. The van der Waals surface area contributed by atoms with E-state index in [0.717, 1.165) is 35.8 Å². The van der Waals surface area contributed by atoms with Gasteiger partial charge in [-0.1, -0.05) is 47.5 Å². The van der Waals surface area contributed by atoms with Crippen LogP contribution in [0.5, 0.6) is 5.88 Å². The molecule has 3 aromatic rings. The number of benzene rings is 1. The molecule has 6 nitrogen and oxygen atoms in total. The van der Waals surface area contributed by atoms with Crippen LogP contribution in [-0.4, -0.2) is 46.0 Å².